The van der Waals surface area contributed by atoms with Crippen LogP contribution in [0.15, 0.2) is 40.7 Å². The van der Waals surface area contributed by atoms with Crippen molar-refractivity contribution >= 4 is 35.0 Å². The third-order valence-electron chi connectivity index (χ3n) is 17.9. The molecule has 13 nitrogen and oxygen atoms in total. The third kappa shape index (κ3) is 6.79. The van der Waals surface area contributed by atoms with Gasteiger partial charge in [0.25, 0.3) is 5.91 Å². The number of amides is 2. The lowest BCUT2D eigenvalue weighted by Crippen LogP contribution is -2.70. The van der Waals surface area contributed by atoms with Crippen LogP contribution in [0.2, 0.25) is 0 Å². The number of Topliss-reactive ketones (excluding diaryl/α,β-unsaturated/α-hetero) is 2. The van der Waals surface area contributed by atoms with Gasteiger partial charge in [-0.2, -0.15) is 0 Å². The van der Waals surface area contributed by atoms with E-state index >= 15 is 0 Å². The van der Waals surface area contributed by atoms with E-state index in [1.165, 1.54) is 75.6 Å². The molecule has 8 rings (SSSR count). The van der Waals surface area contributed by atoms with Gasteiger partial charge in [0.2, 0.25) is 5.78 Å². The van der Waals surface area contributed by atoms with Crippen LogP contribution in [0.1, 0.15) is 129 Å². The smallest absolute Gasteiger partial charge is 0.412 e. The first-order chi connectivity index (χ1) is 29.6. The number of phenolic OH excluding ortho intramolecular Hbond substituents is 1. The van der Waals surface area contributed by atoms with Crippen LogP contribution in [-0.4, -0.2) is 91.9 Å². The summed E-state index contributed by atoms with van der Waals surface area (Å²) in [6.07, 6.45) is 12.1. The molecule has 0 aliphatic heterocycles. The molecule has 13 heteroatoms. The number of aliphatic hydroxyl groups is 4. The summed E-state index contributed by atoms with van der Waals surface area (Å²) in [5.41, 5.74) is 2.78. The molecule has 0 saturated heterocycles. The van der Waals surface area contributed by atoms with E-state index in [4.69, 9.17) is 10.5 Å². The molecule has 5 unspecified atom stereocenters. The fourth-order valence-corrected chi connectivity index (χ4v) is 14.8. The average molecular weight is 872 g/mol. The monoisotopic (exact) mass is 871 g/mol. The van der Waals surface area contributed by atoms with Crippen LogP contribution in [-0.2, 0) is 19.1 Å². The number of primary amides is 1. The molecule has 1 aromatic carbocycles. The second kappa shape index (κ2) is 16.0. The van der Waals surface area contributed by atoms with Crippen LogP contribution in [0.5, 0.6) is 5.75 Å². The SMILES string of the molecule is CC(C)CCC[C@H](C)C1CCC2C3CC=C4CC(OC(=O)Nc5ccc6c(c5O)C(O)=C5C(=O)[C@]7(O)C(O)=C(C(N)=O)C(=O)[C@H](N(C)C)[C@H]7[C@@H](O)[C@H]5[C@@H]6C)CC[C@]4(C)C3CC[C@@]21C. The van der Waals surface area contributed by atoms with Crippen molar-refractivity contribution in [1.82, 2.24) is 4.90 Å². The van der Waals surface area contributed by atoms with Crippen LogP contribution in [0.3, 0.4) is 0 Å². The molecule has 2 amide bonds. The van der Waals surface area contributed by atoms with Gasteiger partial charge < -0.3 is 36.0 Å². The summed E-state index contributed by atoms with van der Waals surface area (Å²) in [6, 6.07) is 1.57. The Morgan fingerprint density at radius 2 is 1.71 bits per heavy atom. The third-order valence-corrected chi connectivity index (χ3v) is 17.9. The van der Waals surface area contributed by atoms with Crippen molar-refractivity contribution in [2.75, 3.05) is 19.4 Å². The largest absolute Gasteiger partial charge is 0.508 e. The number of phenols is 1. The first-order valence-corrected chi connectivity index (χ1v) is 23.4. The number of aromatic hydroxyl groups is 1. The highest BCUT2D eigenvalue weighted by Gasteiger charge is 2.68. The van der Waals surface area contributed by atoms with E-state index in [-0.39, 0.29) is 22.8 Å². The number of fused-ring (bicyclic) bond motifs is 8. The number of nitrogens with zero attached hydrogens (tertiary/aromatic N) is 1. The van der Waals surface area contributed by atoms with Gasteiger partial charge in [-0.15, -0.1) is 0 Å². The summed E-state index contributed by atoms with van der Waals surface area (Å²) in [7, 11) is 2.92. The highest BCUT2D eigenvalue weighted by atomic mass is 16.6. The van der Waals surface area contributed by atoms with Crippen LogP contribution >= 0.6 is 0 Å². The zero-order valence-corrected chi connectivity index (χ0v) is 38.2. The topological polar surface area (TPSA) is 220 Å². The Balaban J connectivity index is 0.985. The number of hydrogen-bond acceptors (Lipinski definition) is 11. The summed E-state index contributed by atoms with van der Waals surface area (Å²) < 4.78 is 6.01. The van der Waals surface area contributed by atoms with E-state index in [0.717, 1.165) is 36.5 Å². The fourth-order valence-electron chi connectivity index (χ4n) is 14.8. The van der Waals surface area contributed by atoms with Crippen molar-refractivity contribution in [2.45, 2.75) is 142 Å². The molecular weight excluding hydrogens is 803 g/mol. The van der Waals surface area contributed by atoms with Crippen molar-refractivity contribution in [3.63, 3.8) is 0 Å². The molecule has 0 spiro atoms. The van der Waals surface area contributed by atoms with E-state index in [1.807, 2.05) is 0 Å². The molecule has 0 aromatic heterocycles. The molecule has 8 N–H and O–H groups in total. The Labute approximate surface area is 371 Å². The molecule has 7 aliphatic rings. The van der Waals surface area contributed by atoms with Gasteiger partial charge >= 0.3 is 6.09 Å². The van der Waals surface area contributed by atoms with E-state index in [1.54, 1.807) is 13.0 Å². The van der Waals surface area contributed by atoms with Gasteiger partial charge in [0.15, 0.2) is 11.4 Å². The number of aliphatic hydroxyl groups excluding tert-OH is 3. The number of likely N-dealkylation sites (N-methyl/N-ethyl adjacent to an activating group) is 1. The molecular formula is C50H69N3O10. The molecule has 14 atom stereocenters. The number of hydrogen-bond donors (Lipinski definition) is 7. The van der Waals surface area contributed by atoms with Crippen LogP contribution in [0.4, 0.5) is 10.5 Å². The number of nitrogens with two attached hydrogens (primary N) is 1. The van der Waals surface area contributed by atoms with Crippen molar-refractivity contribution in [2.24, 2.45) is 63.9 Å². The maximum atomic E-state index is 14.4. The first kappa shape index (κ1) is 45.4. The van der Waals surface area contributed by atoms with Crippen LogP contribution < -0.4 is 11.1 Å². The van der Waals surface area contributed by atoms with Crippen molar-refractivity contribution < 1.29 is 49.4 Å². The molecule has 63 heavy (non-hydrogen) atoms. The van der Waals surface area contributed by atoms with Crippen LogP contribution in [0.25, 0.3) is 5.76 Å². The summed E-state index contributed by atoms with van der Waals surface area (Å²) >= 11 is 0. The minimum absolute atomic E-state index is 0.0592. The van der Waals surface area contributed by atoms with Gasteiger partial charge in [-0.3, -0.25) is 24.6 Å². The van der Waals surface area contributed by atoms with Crippen LogP contribution in [0, 0.1) is 58.2 Å². The number of nitrogens with one attached hydrogen (secondary N) is 1. The molecule has 1 aromatic rings. The molecule has 4 saturated carbocycles. The molecule has 0 bridgehead atoms. The summed E-state index contributed by atoms with van der Waals surface area (Å²) in [6.45, 7) is 13.8. The van der Waals surface area contributed by atoms with Crippen molar-refractivity contribution in [3.8, 4) is 5.75 Å². The van der Waals surface area contributed by atoms with Gasteiger partial charge in [-0.1, -0.05) is 78.5 Å². The van der Waals surface area contributed by atoms with Crippen molar-refractivity contribution in [3.05, 3.63) is 51.8 Å². The minimum atomic E-state index is -3.02. The van der Waals surface area contributed by atoms with Gasteiger partial charge in [0, 0.05) is 17.9 Å². The molecule has 4 fully saturated rings. The standard InChI is InChI=1S/C50H69N3O10/c1-23(2)10-9-11-24(3)30-15-16-31-29-13-12-26-22-27(18-20-48(26,5)32(29)19-21-49(30,31)6)63-47(61)52-33-17-14-28-25(4)34-36(41(55)35(28)40(33)54)44(58)50(62)38(42(34)56)39(53(7)8)43(57)37(45(50)59)46(51)60/h12,14,17,23-25,27,29-32,34,38-39,42,54-56,59,62H,9-11,13,15-16,18-22H2,1-8H3,(H2,51,60)(H,52,61)/t24-,25+,27?,29?,30?,31?,32?,34-,38-,39+,42-,48-,49+,50-/m0/s1. The zero-order valence-electron chi connectivity index (χ0n) is 38.2. The van der Waals surface area contributed by atoms with E-state index in [9.17, 15) is 44.7 Å². The summed E-state index contributed by atoms with van der Waals surface area (Å²) in [5, 5.41) is 61.2. The normalized spacial score (nSPS) is 38.8. The second-order valence-electron chi connectivity index (χ2n) is 21.7. The minimum Gasteiger partial charge on any atom is -0.508 e. The Hall–Kier alpha value is -4.20. The predicted molar refractivity (Wildman–Crippen MR) is 237 cm³/mol. The zero-order chi connectivity index (χ0) is 45.8. The first-order valence-electron chi connectivity index (χ1n) is 23.4. The van der Waals surface area contributed by atoms with Crippen molar-refractivity contribution in [1.29, 1.82) is 0 Å². The Morgan fingerprint density at radius 3 is 2.38 bits per heavy atom. The fraction of sp³-hybridized carbons (Fsp3) is 0.680. The summed E-state index contributed by atoms with van der Waals surface area (Å²) in [4.78, 5) is 55.1. The molecule has 0 radical (unpaired) electrons. The number of ether oxygens (including phenoxy) is 1. The molecule has 7 aliphatic carbocycles. The number of ketones is 2. The van der Waals surface area contributed by atoms with Gasteiger partial charge in [0.05, 0.1) is 29.3 Å². The molecule has 344 valence electrons. The number of carbonyl (C=O) groups excluding carboxylic acids is 4. The number of rotatable bonds is 9. The predicted octanol–water partition coefficient (Wildman–Crippen LogP) is 7.45. The van der Waals surface area contributed by atoms with E-state index in [2.05, 4.69) is 46.0 Å². The highest BCUT2D eigenvalue weighted by Crippen LogP contribution is 2.67. The lowest BCUT2D eigenvalue weighted by molar-refractivity contribution is -0.169. The highest BCUT2D eigenvalue weighted by molar-refractivity contribution is 6.24. The quantitative estimate of drug-likeness (QED) is 0.0734. The molecule has 0 heterocycles. The summed E-state index contributed by atoms with van der Waals surface area (Å²) in [5.74, 6) is -5.55. The lowest BCUT2D eigenvalue weighted by atomic mass is 9.47. The van der Waals surface area contributed by atoms with Gasteiger partial charge in [0.1, 0.15) is 28.9 Å². The van der Waals surface area contributed by atoms with E-state index in [0.29, 0.717) is 35.7 Å². The number of anilines is 1. The average Bonchev–Trinajstić information content (AvgIpc) is 3.57. The van der Waals surface area contributed by atoms with Gasteiger partial charge in [-0.25, -0.2) is 4.79 Å². The second-order valence-corrected chi connectivity index (χ2v) is 21.7. The van der Waals surface area contributed by atoms with Gasteiger partial charge in [-0.05, 0) is 123 Å². The Morgan fingerprint density at radius 1 is 1.00 bits per heavy atom. The lowest BCUT2D eigenvalue weighted by Gasteiger charge is -2.58. The Bertz CT molecular complexity index is 2190. The maximum Gasteiger partial charge on any atom is 0.412 e. The van der Waals surface area contributed by atoms with E-state index < -0.39 is 87.5 Å². The maximum absolute atomic E-state index is 14.4. The Kier molecular flexibility index (Phi) is 11.6. The number of benzene rings is 1. The number of allylic oxidation sites excluding steroid dienone is 1. The number of carbonyl (C=O) groups is 4.